The summed E-state index contributed by atoms with van der Waals surface area (Å²) in [5, 5.41) is 14.4. The smallest absolute Gasteiger partial charge is 0.337 e. The molecule has 0 aliphatic carbocycles. The predicted octanol–water partition coefficient (Wildman–Crippen LogP) is 4.13. The average Bonchev–Trinajstić information content (AvgIpc) is 2.73. The number of carboxylic acids is 1. The van der Waals surface area contributed by atoms with Crippen LogP contribution in [-0.4, -0.2) is 11.1 Å². The number of thiophene rings is 1. The maximum Gasteiger partial charge on any atom is 0.337 e. The second-order valence-electron chi connectivity index (χ2n) is 3.85. The van der Waals surface area contributed by atoms with Gasteiger partial charge in [-0.1, -0.05) is 12.1 Å². The molecule has 0 aliphatic rings. The second-order valence-corrected chi connectivity index (χ2v) is 5.70. The van der Waals surface area contributed by atoms with Gasteiger partial charge in [0.2, 0.25) is 0 Å². The van der Waals surface area contributed by atoms with Gasteiger partial charge < -0.3 is 10.4 Å². The quantitative estimate of drug-likeness (QED) is 0.888. The van der Waals surface area contributed by atoms with Crippen LogP contribution in [0.3, 0.4) is 0 Å². The highest BCUT2D eigenvalue weighted by atomic mass is 79.9. The minimum absolute atomic E-state index is 0.308. The van der Waals surface area contributed by atoms with Crippen LogP contribution in [0.2, 0.25) is 0 Å². The third-order valence-corrected chi connectivity index (χ3v) is 4.55. The topological polar surface area (TPSA) is 49.3 Å². The van der Waals surface area contributed by atoms with Crippen LogP contribution in [0.4, 0.5) is 5.69 Å². The Bertz CT molecular complexity index is 580. The number of aromatic carboxylic acids is 1. The number of para-hydroxylation sites is 1. The van der Waals surface area contributed by atoms with E-state index in [9.17, 15) is 4.79 Å². The number of benzene rings is 1. The van der Waals surface area contributed by atoms with E-state index in [0.717, 1.165) is 14.9 Å². The minimum atomic E-state index is -0.911. The summed E-state index contributed by atoms with van der Waals surface area (Å²) < 4.78 is 1.05. The van der Waals surface area contributed by atoms with Crippen LogP contribution >= 0.6 is 27.3 Å². The number of nitrogens with one attached hydrogen (secondary N) is 1. The van der Waals surface area contributed by atoms with Crippen LogP contribution in [0.15, 0.2) is 34.1 Å². The lowest BCUT2D eigenvalue weighted by Crippen LogP contribution is -2.07. The van der Waals surface area contributed by atoms with Crippen LogP contribution in [-0.2, 0) is 6.54 Å². The first-order valence-corrected chi connectivity index (χ1v) is 7.05. The van der Waals surface area contributed by atoms with Gasteiger partial charge in [0.05, 0.1) is 17.8 Å². The maximum atomic E-state index is 11.2. The van der Waals surface area contributed by atoms with Crippen molar-refractivity contribution < 1.29 is 9.90 Å². The summed E-state index contributed by atoms with van der Waals surface area (Å²) in [5.41, 5.74) is 1.93. The number of hydrogen-bond donors (Lipinski definition) is 2. The van der Waals surface area contributed by atoms with Crippen molar-refractivity contribution in [2.24, 2.45) is 0 Å². The number of carboxylic acid groups (broad SMARTS) is 1. The number of halogens is 1. The molecule has 2 N–H and O–H groups in total. The maximum absolute atomic E-state index is 11.2. The van der Waals surface area contributed by atoms with Gasteiger partial charge in [-0.25, -0.2) is 4.79 Å². The third kappa shape index (κ3) is 2.73. The molecule has 18 heavy (non-hydrogen) atoms. The molecule has 94 valence electrons. The van der Waals surface area contributed by atoms with E-state index in [4.69, 9.17) is 5.11 Å². The Balaban J connectivity index is 2.24. The number of carbonyl (C=O) groups is 1. The molecule has 0 bridgehead atoms. The molecule has 5 heteroatoms. The van der Waals surface area contributed by atoms with E-state index in [1.807, 2.05) is 24.4 Å². The molecule has 0 unspecified atom stereocenters. The largest absolute Gasteiger partial charge is 0.478 e. The molecular formula is C13H12BrNO2S. The van der Waals surface area contributed by atoms with Gasteiger partial charge in [0.1, 0.15) is 0 Å². The Morgan fingerprint density at radius 2 is 2.22 bits per heavy atom. The lowest BCUT2D eigenvalue weighted by atomic mass is 10.1. The average molecular weight is 326 g/mol. The summed E-state index contributed by atoms with van der Waals surface area (Å²) in [6, 6.07) is 7.25. The van der Waals surface area contributed by atoms with E-state index in [1.165, 1.54) is 0 Å². The van der Waals surface area contributed by atoms with E-state index in [2.05, 4.69) is 21.2 Å². The van der Waals surface area contributed by atoms with Gasteiger partial charge >= 0.3 is 5.97 Å². The van der Waals surface area contributed by atoms with Gasteiger partial charge in [0, 0.05) is 9.35 Å². The molecule has 0 fully saturated rings. The summed E-state index contributed by atoms with van der Waals surface area (Å²) >= 11 is 5.09. The zero-order valence-corrected chi connectivity index (χ0v) is 12.1. The van der Waals surface area contributed by atoms with E-state index in [1.54, 1.807) is 23.5 Å². The van der Waals surface area contributed by atoms with Crippen LogP contribution in [0.25, 0.3) is 0 Å². The molecule has 1 aromatic heterocycles. The summed E-state index contributed by atoms with van der Waals surface area (Å²) in [7, 11) is 0. The fourth-order valence-electron chi connectivity index (χ4n) is 1.70. The molecule has 0 saturated carbocycles. The highest BCUT2D eigenvalue weighted by Gasteiger charge is 2.12. The van der Waals surface area contributed by atoms with Gasteiger partial charge in [0.15, 0.2) is 0 Å². The van der Waals surface area contributed by atoms with Gasteiger partial charge in [-0.2, -0.15) is 0 Å². The SMILES string of the molecule is Cc1cccc(C(=O)O)c1NCc1sccc1Br. The standard InChI is InChI=1S/C13H12BrNO2S/c1-8-3-2-4-9(13(16)17)12(8)15-7-11-10(14)5-6-18-11/h2-6,15H,7H2,1H3,(H,16,17). The highest BCUT2D eigenvalue weighted by molar-refractivity contribution is 9.10. The Morgan fingerprint density at radius 1 is 1.44 bits per heavy atom. The summed E-state index contributed by atoms with van der Waals surface area (Å²) in [6.07, 6.45) is 0. The third-order valence-electron chi connectivity index (χ3n) is 2.62. The van der Waals surface area contributed by atoms with Crippen molar-refractivity contribution >= 4 is 38.9 Å². The number of anilines is 1. The van der Waals surface area contributed by atoms with Crippen molar-refractivity contribution in [1.29, 1.82) is 0 Å². The van der Waals surface area contributed by atoms with Crippen LogP contribution in [0, 0.1) is 6.92 Å². The summed E-state index contributed by atoms with van der Waals surface area (Å²) in [4.78, 5) is 12.3. The first-order valence-electron chi connectivity index (χ1n) is 5.38. The van der Waals surface area contributed by atoms with Crippen molar-refractivity contribution in [3.8, 4) is 0 Å². The van der Waals surface area contributed by atoms with Gasteiger partial charge in [-0.05, 0) is 45.9 Å². The zero-order chi connectivity index (χ0) is 13.1. The van der Waals surface area contributed by atoms with Gasteiger partial charge in [-0.3, -0.25) is 0 Å². The van der Waals surface area contributed by atoms with Crippen molar-refractivity contribution in [1.82, 2.24) is 0 Å². The highest BCUT2D eigenvalue weighted by Crippen LogP contribution is 2.26. The molecule has 3 nitrogen and oxygen atoms in total. The molecule has 0 amide bonds. The second kappa shape index (κ2) is 5.54. The normalized spacial score (nSPS) is 10.3. The molecular weight excluding hydrogens is 314 g/mol. The number of aryl methyl sites for hydroxylation is 1. The fraction of sp³-hybridized carbons (Fsp3) is 0.154. The lowest BCUT2D eigenvalue weighted by molar-refractivity contribution is 0.0698. The van der Waals surface area contributed by atoms with Gasteiger partial charge in [0.25, 0.3) is 0 Å². The molecule has 0 saturated heterocycles. The molecule has 2 rings (SSSR count). The van der Waals surface area contributed by atoms with Crippen molar-refractivity contribution in [3.05, 3.63) is 50.1 Å². The number of hydrogen-bond acceptors (Lipinski definition) is 3. The molecule has 0 aliphatic heterocycles. The van der Waals surface area contributed by atoms with E-state index >= 15 is 0 Å². The van der Waals surface area contributed by atoms with Crippen molar-refractivity contribution in [2.75, 3.05) is 5.32 Å². The van der Waals surface area contributed by atoms with Crippen LogP contribution < -0.4 is 5.32 Å². The summed E-state index contributed by atoms with van der Waals surface area (Å²) in [5.74, 6) is -0.911. The monoisotopic (exact) mass is 325 g/mol. The Hall–Kier alpha value is -1.33. The molecule has 0 spiro atoms. The molecule has 2 aromatic rings. The molecule has 1 heterocycles. The van der Waals surface area contributed by atoms with E-state index in [0.29, 0.717) is 17.8 Å². The Labute approximate surface area is 118 Å². The first-order chi connectivity index (χ1) is 8.59. The van der Waals surface area contributed by atoms with Crippen molar-refractivity contribution in [2.45, 2.75) is 13.5 Å². The van der Waals surface area contributed by atoms with Gasteiger partial charge in [-0.15, -0.1) is 11.3 Å². The first kappa shape index (κ1) is 13.1. The van der Waals surface area contributed by atoms with Crippen molar-refractivity contribution in [3.63, 3.8) is 0 Å². The molecule has 1 aromatic carbocycles. The fourth-order valence-corrected chi connectivity index (χ4v) is 3.13. The van der Waals surface area contributed by atoms with E-state index in [-0.39, 0.29) is 0 Å². The Morgan fingerprint density at radius 3 is 2.83 bits per heavy atom. The molecule has 0 atom stereocenters. The lowest BCUT2D eigenvalue weighted by Gasteiger charge is -2.12. The molecule has 0 radical (unpaired) electrons. The number of rotatable bonds is 4. The predicted molar refractivity (Wildman–Crippen MR) is 77.5 cm³/mol. The van der Waals surface area contributed by atoms with Crippen LogP contribution in [0.1, 0.15) is 20.8 Å². The summed E-state index contributed by atoms with van der Waals surface area (Å²) in [6.45, 7) is 2.52. The zero-order valence-electron chi connectivity index (χ0n) is 9.74. The van der Waals surface area contributed by atoms with E-state index < -0.39 is 5.97 Å². The van der Waals surface area contributed by atoms with Crippen LogP contribution in [0.5, 0.6) is 0 Å². The Kier molecular flexibility index (Phi) is 4.04. The minimum Gasteiger partial charge on any atom is -0.478 e.